The Bertz CT molecular complexity index is 646. The van der Waals surface area contributed by atoms with Crippen molar-refractivity contribution < 1.29 is 4.92 Å². The molecule has 6 nitrogen and oxygen atoms in total. The van der Waals surface area contributed by atoms with Crippen LogP contribution in [0.25, 0.3) is 0 Å². The molecule has 0 atom stereocenters. The largest absolute Gasteiger partial charge is 0.384 e. The average Bonchev–Trinajstić information content (AvgIpc) is 2.35. The highest BCUT2D eigenvalue weighted by Gasteiger charge is 2.16. The molecule has 0 unspecified atom stereocenters. The molecule has 19 heavy (non-hydrogen) atoms. The van der Waals surface area contributed by atoms with E-state index < -0.39 is 4.92 Å². The molecule has 0 spiro atoms. The first-order valence-electron chi connectivity index (χ1n) is 5.42. The molecular weight excluding hydrogens is 268 g/mol. The van der Waals surface area contributed by atoms with Gasteiger partial charge in [0, 0.05) is 16.8 Å². The fourth-order valence-electron chi connectivity index (χ4n) is 1.58. The number of aromatic nitrogens is 1. The van der Waals surface area contributed by atoms with Crippen molar-refractivity contribution in [2.75, 3.05) is 11.1 Å². The molecule has 1 aromatic carbocycles. The van der Waals surface area contributed by atoms with Gasteiger partial charge in [0.05, 0.1) is 4.92 Å². The van der Waals surface area contributed by atoms with Gasteiger partial charge in [0.15, 0.2) is 0 Å². The van der Waals surface area contributed by atoms with Crippen LogP contribution in [0.1, 0.15) is 5.56 Å². The van der Waals surface area contributed by atoms with Crippen molar-refractivity contribution in [2.45, 2.75) is 6.92 Å². The Morgan fingerprint density at radius 1 is 1.37 bits per heavy atom. The molecule has 98 valence electrons. The van der Waals surface area contributed by atoms with E-state index in [2.05, 4.69) is 10.3 Å². The number of anilines is 3. The van der Waals surface area contributed by atoms with Gasteiger partial charge in [-0.25, -0.2) is 4.98 Å². The summed E-state index contributed by atoms with van der Waals surface area (Å²) in [6, 6.07) is 7.94. The van der Waals surface area contributed by atoms with Gasteiger partial charge in [0.1, 0.15) is 5.82 Å². The normalized spacial score (nSPS) is 10.2. The second-order valence-electron chi connectivity index (χ2n) is 3.90. The fourth-order valence-corrected chi connectivity index (χ4v) is 1.75. The summed E-state index contributed by atoms with van der Waals surface area (Å²) in [5, 5.41) is 14.4. The van der Waals surface area contributed by atoms with Gasteiger partial charge < -0.3 is 11.1 Å². The van der Waals surface area contributed by atoms with E-state index >= 15 is 0 Å². The number of pyridine rings is 1. The zero-order chi connectivity index (χ0) is 14.0. The minimum Gasteiger partial charge on any atom is -0.384 e. The quantitative estimate of drug-likeness (QED) is 0.664. The van der Waals surface area contributed by atoms with E-state index in [0.717, 1.165) is 5.56 Å². The Morgan fingerprint density at radius 3 is 2.79 bits per heavy atom. The van der Waals surface area contributed by atoms with E-state index in [1.54, 1.807) is 18.2 Å². The lowest BCUT2D eigenvalue weighted by molar-refractivity contribution is -0.384. The smallest absolute Gasteiger partial charge is 0.311 e. The molecule has 0 saturated heterocycles. The van der Waals surface area contributed by atoms with Gasteiger partial charge in [-0.05, 0) is 30.7 Å². The summed E-state index contributed by atoms with van der Waals surface area (Å²) in [6.45, 7) is 1.81. The van der Waals surface area contributed by atoms with Crippen LogP contribution >= 0.6 is 11.6 Å². The van der Waals surface area contributed by atoms with Crippen LogP contribution in [0.15, 0.2) is 30.3 Å². The van der Waals surface area contributed by atoms with Gasteiger partial charge in [-0.15, -0.1) is 0 Å². The van der Waals surface area contributed by atoms with Crippen molar-refractivity contribution >= 4 is 34.6 Å². The maximum Gasteiger partial charge on any atom is 0.311 e. The Kier molecular flexibility index (Phi) is 3.52. The number of halogens is 1. The van der Waals surface area contributed by atoms with E-state index in [0.29, 0.717) is 10.7 Å². The van der Waals surface area contributed by atoms with Gasteiger partial charge in [0.2, 0.25) is 5.82 Å². The first-order valence-corrected chi connectivity index (χ1v) is 5.80. The molecule has 0 bridgehead atoms. The molecule has 2 aromatic rings. The second kappa shape index (κ2) is 5.11. The van der Waals surface area contributed by atoms with Crippen LogP contribution in [0.2, 0.25) is 5.02 Å². The van der Waals surface area contributed by atoms with E-state index in [4.69, 9.17) is 17.3 Å². The highest BCUT2D eigenvalue weighted by atomic mass is 35.5. The number of nitrogens with zero attached hydrogens (tertiary/aromatic N) is 2. The molecule has 7 heteroatoms. The molecule has 2 rings (SSSR count). The van der Waals surface area contributed by atoms with Crippen molar-refractivity contribution in [3.05, 3.63) is 51.0 Å². The summed E-state index contributed by atoms with van der Waals surface area (Å²) < 4.78 is 0. The summed E-state index contributed by atoms with van der Waals surface area (Å²) in [4.78, 5) is 14.4. The minimum atomic E-state index is -0.519. The molecule has 1 aromatic heterocycles. The molecule has 0 amide bonds. The summed E-state index contributed by atoms with van der Waals surface area (Å²) in [5.74, 6) is 0.295. The SMILES string of the molecule is Cc1c(Cl)cccc1Nc1nc(N)ccc1[N+](=O)[O-]. The summed E-state index contributed by atoms with van der Waals surface area (Å²) in [7, 11) is 0. The van der Waals surface area contributed by atoms with Crippen LogP contribution < -0.4 is 11.1 Å². The van der Waals surface area contributed by atoms with E-state index in [1.807, 2.05) is 6.92 Å². The van der Waals surface area contributed by atoms with Gasteiger partial charge in [-0.1, -0.05) is 17.7 Å². The first-order chi connectivity index (χ1) is 8.99. The average molecular weight is 279 g/mol. The lowest BCUT2D eigenvalue weighted by atomic mass is 10.2. The van der Waals surface area contributed by atoms with Crippen molar-refractivity contribution in [2.24, 2.45) is 0 Å². The van der Waals surface area contributed by atoms with E-state index in [1.165, 1.54) is 12.1 Å². The van der Waals surface area contributed by atoms with Crippen LogP contribution in [0.4, 0.5) is 23.0 Å². The lowest BCUT2D eigenvalue weighted by Gasteiger charge is -2.10. The van der Waals surface area contributed by atoms with Gasteiger partial charge >= 0.3 is 5.69 Å². The number of hydrogen-bond donors (Lipinski definition) is 2. The lowest BCUT2D eigenvalue weighted by Crippen LogP contribution is -2.03. The number of nitrogens with one attached hydrogen (secondary N) is 1. The molecule has 0 aliphatic rings. The molecule has 0 fully saturated rings. The topological polar surface area (TPSA) is 94.1 Å². The Balaban J connectivity index is 2.45. The van der Waals surface area contributed by atoms with Crippen LogP contribution in [0.3, 0.4) is 0 Å². The maximum atomic E-state index is 10.9. The van der Waals surface area contributed by atoms with E-state index in [9.17, 15) is 10.1 Å². The minimum absolute atomic E-state index is 0.0929. The molecule has 0 radical (unpaired) electrons. The standard InChI is InChI=1S/C12H11ClN4O2/c1-7-8(13)3-2-4-9(7)15-12-10(17(18)19)5-6-11(14)16-12/h2-6H,1H3,(H3,14,15,16). The number of nitro groups is 1. The van der Waals surface area contributed by atoms with Gasteiger partial charge in [-0.2, -0.15) is 0 Å². The first kappa shape index (κ1) is 13.1. The number of hydrogen-bond acceptors (Lipinski definition) is 5. The van der Waals surface area contributed by atoms with Crippen molar-refractivity contribution in [1.29, 1.82) is 0 Å². The second-order valence-corrected chi connectivity index (χ2v) is 4.31. The van der Waals surface area contributed by atoms with Crippen molar-refractivity contribution in [3.63, 3.8) is 0 Å². The Labute approximate surface area is 114 Å². The summed E-state index contributed by atoms with van der Waals surface area (Å²) in [5.41, 5.74) is 6.83. The van der Waals surface area contributed by atoms with Gasteiger partial charge in [-0.3, -0.25) is 10.1 Å². The van der Waals surface area contributed by atoms with Crippen LogP contribution in [0, 0.1) is 17.0 Å². The molecular formula is C12H11ClN4O2. The number of nitrogen functional groups attached to an aromatic ring is 1. The third-order valence-electron chi connectivity index (χ3n) is 2.61. The molecule has 1 heterocycles. The third kappa shape index (κ3) is 2.74. The van der Waals surface area contributed by atoms with Crippen molar-refractivity contribution in [3.8, 4) is 0 Å². The monoisotopic (exact) mass is 278 g/mol. The predicted octanol–water partition coefficient (Wildman–Crippen LogP) is 3.28. The van der Waals surface area contributed by atoms with Crippen LogP contribution in [-0.2, 0) is 0 Å². The Morgan fingerprint density at radius 2 is 2.11 bits per heavy atom. The van der Waals surface area contributed by atoms with Crippen LogP contribution in [0.5, 0.6) is 0 Å². The third-order valence-corrected chi connectivity index (χ3v) is 3.02. The number of nitrogens with two attached hydrogens (primary N) is 1. The number of benzene rings is 1. The van der Waals surface area contributed by atoms with Crippen molar-refractivity contribution in [1.82, 2.24) is 4.98 Å². The highest BCUT2D eigenvalue weighted by Crippen LogP contribution is 2.30. The predicted molar refractivity (Wildman–Crippen MR) is 74.8 cm³/mol. The molecule has 0 saturated carbocycles. The summed E-state index contributed by atoms with van der Waals surface area (Å²) in [6.07, 6.45) is 0. The molecule has 3 N–H and O–H groups in total. The zero-order valence-corrected chi connectivity index (χ0v) is 10.8. The number of rotatable bonds is 3. The fraction of sp³-hybridized carbons (Fsp3) is 0.0833. The zero-order valence-electron chi connectivity index (χ0n) is 10.1. The van der Waals surface area contributed by atoms with Crippen LogP contribution in [-0.4, -0.2) is 9.91 Å². The van der Waals surface area contributed by atoms with Gasteiger partial charge in [0.25, 0.3) is 0 Å². The molecule has 0 aliphatic carbocycles. The maximum absolute atomic E-state index is 10.9. The molecule has 0 aliphatic heterocycles. The van der Waals surface area contributed by atoms with E-state index in [-0.39, 0.29) is 17.3 Å². The highest BCUT2D eigenvalue weighted by molar-refractivity contribution is 6.31. The summed E-state index contributed by atoms with van der Waals surface area (Å²) >= 11 is 5.99. The Hall–Kier alpha value is -2.34.